The number of primary amides is 1. The molecule has 0 saturated carbocycles. The Hall–Kier alpha value is -2.45. The van der Waals surface area contributed by atoms with Crippen molar-refractivity contribution in [3.63, 3.8) is 0 Å². The molecule has 1 aromatic rings. The van der Waals surface area contributed by atoms with Gasteiger partial charge in [0.15, 0.2) is 0 Å². The van der Waals surface area contributed by atoms with E-state index in [-0.39, 0.29) is 30.7 Å². The molecule has 8 nitrogen and oxygen atoms in total. The monoisotopic (exact) mass is 428 g/mol. The van der Waals surface area contributed by atoms with E-state index in [1.807, 2.05) is 24.3 Å². The Labute approximate surface area is 183 Å². The molecular formula is C23H32N4O4. The minimum Gasteiger partial charge on any atom is -0.497 e. The van der Waals surface area contributed by atoms with Crippen LogP contribution < -0.4 is 10.5 Å². The molecule has 1 atom stereocenters. The maximum atomic E-state index is 13.1. The number of rotatable bonds is 6. The molecule has 3 amide bonds. The lowest BCUT2D eigenvalue weighted by Crippen LogP contribution is -2.64. The van der Waals surface area contributed by atoms with Crippen molar-refractivity contribution in [3.05, 3.63) is 29.8 Å². The lowest BCUT2D eigenvalue weighted by molar-refractivity contribution is -0.141. The Morgan fingerprint density at radius 3 is 2.29 bits per heavy atom. The van der Waals surface area contributed by atoms with Gasteiger partial charge in [-0.2, -0.15) is 0 Å². The van der Waals surface area contributed by atoms with Gasteiger partial charge >= 0.3 is 0 Å². The van der Waals surface area contributed by atoms with E-state index in [4.69, 9.17) is 10.5 Å². The highest BCUT2D eigenvalue weighted by Gasteiger charge is 2.49. The van der Waals surface area contributed by atoms with Gasteiger partial charge in [-0.3, -0.25) is 29.1 Å². The van der Waals surface area contributed by atoms with E-state index >= 15 is 0 Å². The maximum Gasteiger partial charge on any atom is 0.247 e. The van der Waals surface area contributed by atoms with Crippen molar-refractivity contribution in [3.8, 4) is 5.75 Å². The zero-order valence-corrected chi connectivity index (χ0v) is 18.2. The fourth-order valence-corrected chi connectivity index (χ4v) is 5.28. The molecule has 3 fully saturated rings. The normalized spacial score (nSPS) is 25.1. The van der Waals surface area contributed by atoms with Gasteiger partial charge in [-0.25, -0.2) is 0 Å². The lowest BCUT2D eigenvalue weighted by Gasteiger charge is -2.48. The summed E-state index contributed by atoms with van der Waals surface area (Å²) < 4.78 is 5.16. The molecule has 2 N–H and O–H groups in total. The van der Waals surface area contributed by atoms with Crippen LogP contribution in [-0.4, -0.2) is 77.3 Å². The van der Waals surface area contributed by atoms with Crippen molar-refractivity contribution >= 4 is 17.7 Å². The SMILES string of the molecule is COc1ccc(CN2C(=O)CC(N3CCC(C(N)=O)(N4CCCCC4)CC3)C2=O)cc1. The van der Waals surface area contributed by atoms with Gasteiger partial charge in [0.2, 0.25) is 17.7 Å². The van der Waals surface area contributed by atoms with Crippen molar-refractivity contribution in [1.29, 1.82) is 0 Å². The Balaban J connectivity index is 1.40. The van der Waals surface area contributed by atoms with E-state index in [9.17, 15) is 14.4 Å². The molecule has 3 heterocycles. The number of likely N-dealkylation sites (tertiary alicyclic amines) is 3. The second kappa shape index (κ2) is 8.96. The number of nitrogens with zero attached hydrogens (tertiary/aromatic N) is 3. The molecule has 3 aliphatic heterocycles. The summed E-state index contributed by atoms with van der Waals surface area (Å²) in [5, 5.41) is 0. The third-order valence-electron chi connectivity index (χ3n) is 7.21. The highest BCUT2D eigenvalue weighted by Crippen LogP contribution is 2.34. The standard InChI is InChI=1S/C23H32N4O4/c1-31-18-7-5-17(6-8-18)16-27-20(28)15-19(21(27)29)25-13-9-23(10-14-25,22(24)30)26-11-3-2-4-12-26/h5-8,19H,2-4,9-16H2,1H3,(H2,24,30). The van der Waals surface area contributed by atoms with Gasteiger partial charge in [0, 0.05) is 13.1 Å². The second-order valence-electron chi connectivity index (χ2n) is 8.87. The molecule has 4 rings (SSSR count). The average molecular weight is 429 g/mol. The summed E-state index contributed by atoms with van der Waals surface area (Å²) >= 11 is 0. The van der Waals surface area contributed by atoms with Crippen LogP contribution in [0.15, 0.2) is 24.3 Å². The molecule has 168 valence electrons. The molecule has 0 aliphatic carbocycles. The first-order valence-electron chi connectivity index (χ1n) is 11.2. The van der Waals surface area contributed by atoms with Crippen LogP contribution in [0.25, 0.3) is 0 Å². The van der Waals surface area contributed by atoms with E-state index in [1.54, 1.807) is 7.11 Å². The van der Waals surface area contributed by atoms with E-state index in [0.717, 1.165) is 37.2 Å². The average Bonchev–Trinajstić information content (AvgIpc) is 3.08. The number of carbonyl (C=O) groups is 3. The molecule has 3 saturated heterocycles. The fraction of sp³-hybridized carbons (Fsp3) is 0.609. The number of methoxy groups -OCH3 is 1. The number of ether oxygens (including phenoxy) is 1. The third-order valence-corrected chi connectivity index (χ3v) is 7.21. The Morgan fingerprint density at radius 1 is 1.06 bits per heavy atom. The molecule has 1 unspecified atom stereocenters. The van der Waals surface area contributed by atoms with Crippen molar-refractivity contribution in [1.82, 2.24) is 14.7 Å². The van der Waals surface area contributed by atoms with Gasteiger partial charge < -0.3 is 10.5 Å². The first kappa shape index (κ1) is 21.8. The van der Waals surface area contributed by atoms with Crippen LogP contribution in [0.3, 0.4) is 0 Å². The van der Waals surface area contributed by atoms with Gasteiger partial charge in [0.05, 0.1) is 26.1 Å². The molecule has 0 aromatic heterocycles. The van der Waals surface area contributed by atoms with Gasteiger partial charge in [0.25, 0.3) is 0 Å². The van der Waals surface area contributed by atoms with Gasteiger partial charge in [-0.1, -0.05) is 18.6 Å². The first-order chi connectivity index (χ1) is 14.9. The number of hydrogen-bond acceptors (Lipinski definition) is 6. The molecule has 31 heavy (non-hydrogen) atoms. The maximum absolute atomic E-state index is 13.1. The first-order valence-corrected chi connectivity index (χ1v) is 11.2. The summed E-state index contributed by atoms with van der Waals surface area (Å²) in [7, 11) is 1.60. The summed E-state index contributed by atoms with van der Waals surface area (Å²) in [5.41, 5.74) is 6.14. The van der Waals surface area contributed by atoms with Crippen LogP contribution in [0.2, 0.25) is 0 Å². The molecule has 3 aliphatic rings. The smallest absolute Gasteiger partial charge is 0.247 e. The van der Waals surface area contributed by atoms with E-state index in [2.05, 4.69) is 9.80 Å². The minimum absolute atomic E-state index is 0.145. The third kappa shape index (κ3) is 4.19. The van der Waals surface area contributed by atoms with Crippen LogP contribution in [0, 0.1) is 0 Å². The summed E-state index contributed by atoms with van der Waals surface area (Å²) in [4.78, 5) is 43.8. The van der Waals surface area contributed by atoms with Gasteiger partial charge in [-0.15, -0.1) is 0 Å². The van der Waals surface area contributed by atoms with Crippen LogP contribution in [0.1, 0.15) is 44.1 Å². The van der Waals surface area contributed by atoms with Crippen LogP contribution in [0.5, 0.6) is 5.75 Å². The van der Waals surface area contributed by atoms with Gasteiger partial charge in [0.1, 0.15) is 11.3 Å². The predicted molar refractivity (Wildman–Crippen MR) is 115 cm³/mol. The molecule has 0 radical (unpaired) electrons. The molecule has 0 spiro atoms. The van der Waals surface area contributed by atoms with Crippen LogP contribution >= 0.6 is 0 Å². The summed E-state index contributed by atoms with van der Waals surface area (Å²) in [6, 6.07) is 6.94. The van der Waals surface area contributed by atoms with Gasteiger partial charge in [-0.05, 0) is 56.5 Å². The lowest BCUT2D eigenvalue weighted by atomic mass is 9.83. The van der Waals surface area contributed by atoms with Crippen molar-refractivity contribution in [2.45, 2.75) is 56.7 Å². The Morgan fingerprint density at radius 2 is 1.71 bits per heavy atom. The number of carbonyl (C=O) groups excluding carboxylic acids is 3. The Kier molecular flexibility index (Phi) is 6.29. The zero-order valence-electron chi connectivity index (χ0n) is 18.2. The highest BCUT2D eigenvalue weighted by molar-refractivity contribution is 6.05. The summed E-state index contributed by atoms with van der Waals surface area (Å²) in [6.07, 6.45) is 4.80. The second-order valence-corrected chi connectivity index (χ2v) is 8.87. The number of amides is 3. The van der Waals surface area contributed by atoms with Crippen LogP contribution in [-0.2, 0) is 20.9 Å². The molecule has 1 aromatic carbocycles. The number of benzene rings is 1. The number of nitrogens with two attached hydrogens (primary N) is 1. The quantitative estimate of drug-likeness (QED) is 0.683. The number of piperidine rings is 2. The number of imide groups is 1. The van der Waals surface area contributed by atoms with Crippen molar-refractivity contribution in [2.24, 2.45) is 5.73 Å². The topological polar surface area (TPSA) is 96.2 Å². The highest BCUT2D eigenvalue weighted by atomic mass is 16.5. The largest absolute Gasteiger partial charge is 0.497 e. The Bertz CT molecular complexity index is 826. The molecular weight excluding hydrogens is 396 g/mol. The minimum atomic E-state index is -0.620. The van der Waals surface area contributed by atoms with Crippen LogP contribution in [0.4, 0.5) is 0 Å². The van der Waals surface area contributed by atoms with E-state index in [1.165, 1.54) is 11.3 Å². The molecule has 0 bridgehead atoms. The van der Waals surface area contributed by atoms with E-state index in [0.29, 0.717) is 25.9 Å². The number of hydrogen-bond donors (Lipinski definition) is 1. The fourth-order valence-electron chi connectivity index (χ4n) is 5.28. The van der Waals surface area contributed by atoms with Crippen molar-refractivity contribution < 1.29 is 19.1 Å². The molecule has 8 heteroatoms. The summed E-state index contributed by atoms with van der Waals surface area (Å²) in [6.45, 7) is 3.27. The van der Waals surface area contributed by atoms with E-state index < -0.39 is 11.6 Å². The summed E-state index contributed by atoms with van der Waals surface area (Å²) in [5.74, 6) is 0.184. The van der Waals surface area contributed by atoms with Crippen molar-refractivity contribution in [2.75, 3.05) is 33.3 Å². The predicted octanol–water partition coefficient (Wildman–Crippen LogP) is 1.13. The zero-order chi connectivity index (χ0) is 22.0.